The number of nitriles is 1. The van der Waals surface area contributed by atoms with Gasteiger partial charge in [-0.15, -0.1) is 0 Å². The van der Waals surface area contributed by atoms with Crippen LogP contribution in [-0.4, -0.2) is 19.7 Å². The highest BCUT2D eigenvalue weighted by Gasteiger charge is 2.32. The largest absolute Gasteiger partial charge is 0.493 e. The first kappa shape index (κ1) is 26.4. The van der Waals surface area contributed by atoms with Crippen LogP contribution in [0.1, 0.15) is 44.3 Å². The molecule has 2 heterocycles. The molecule has 202 valence electrons. The molecule has 0 saturated carbocycles. The van der Waals surface area contributed by atoms with E-state index in [4.69, 9.17) is 29.1 Å². The lowest BCUT2D eigenvalue weighted by molar-refractivity contribution is 0.0702. The van der Waals surface area contributed by atoms with Crippen molar-refractivity contribution in [2.45, 2.75) is 26.7 Å². The Morgan fingerprint density at radius 3 is 2.65 bits per heavy atom. The van der Waals surface area contributed by atoms with Gasteiger partial charge in [-0.2, -0.15) is 5.26 Å². The van der Waals surface area contributed by atoms with E-state index in [1.165, 1.54) is 0 Å². The number of benzene rings is 3. The summed E-state index contributed by atoms with van der Waals surface area (Å²) < 4.78 is 28.6. The van der Waals surface area contributed by atoms with Gasteiger partial charge >= 0.3 is 5.97 Å². The Morgan fingerprint density at radius 2 is 1.93 bits per heavy atom. The first-order valence-corrected chi connectivity index (χ1v) is 12.6. The third-order valence-electron chi connectivity index (χ3n) is 6.84. The Bertz CT molecular complexity index is 1740. The molecule has 8 nitrogen and oxygen atoms in total. The second-order valence-corrected chi connectivity index (χ2v) is 9.54. The van der Waals surface area contributed by atoms with E-state index in [1.807, 2.05) is 39.0 Å². The van der Waals surface area contributed by atoms with Gasteiger partial charge < -0.3 is 29.1 Å². The maximum absolute atomic E-state index is 13.1. The highest BCUT2D eigenvalue weighted by atomic mass is 16.5. The number of aryl methyl sites for hydroxylation is 3. The summed E-state index contributed by atoms with van der Waals surface area (Å²) in [6, 6.07) is 16.5. The maximum atomic E-state index is 13.1. The van der Waals surface area contributed by atoms with Crippen LogP contribution in [0.2, 0.25) is 0 Å². The molecule has 0 bridgehead atoms. The lowest BCUT2D eigenvalue weighted by atomic mass is 9.83. The monoisotopic (exact) mass is 536 g/mol. The second kappa shape index (κ2) is 10.5. The van der Waals surface area contributed by atoms with Crippen molar-refractivity contribution >= 4 is 16.9 Å². The van der Waals surface area contributed by atoms with Gasteiger partial charge in [0.15, 0.2) is 11.5 Å². The van der Waals surface area contributed by atoms with Crippen molar-refractivity contribution in [3.8, 4) is 29.1 Å². The van der Waals surface area contributed by atoms with Crippen molar-refractivity contribution in [3.05, 3.63) is 106 Å². The molecular formula is C32H28N2O6. The number of esters is 1. The minimum atomic E-state index is -0.626. The highest BCUT2D eigenvalue weighted by Crippen LogP contribution is 2.45. The van der Waals surface area contributed by atoms with E-state index in [0.29, 0.717) is 40.6 Å². The van der Waals surface area contributed by atoms with Crippen LogP contribution in [0.25, 0.3) is 11.0 Å². The average molecular weight is 537 g/mol. The Labute approximate surface area is 231 Å². The van der Waals surface area contributed by atoms with Crippen LogP contribution in [0.3, 0.4) is 0 Å². The summed E-state index contributed by atoms with van der Waals surface area (Å²) in [6.45, 7) is 9.78. The number of hydrogen-bond donors (Lipinski definition) is 1. The molecule has 0 aliphatic carbocycles. The Morgan fingerprint density at radius 1 is 1.12 bits per heavy atom. The van der Waals surface area contributed by atoms with Gasteiger partial charge in [0.25, 0.3) is 0 Å². The van der Waals surface area contributed by atoms with E-state index in [2.05, 4.69) is 12.6 Å². The van der Waals surface area contributed by atoms with Crippen LogP contribution in [-0.2, 0) is 0 Å². The molecule has 1 unspecified atom stereocenters. The number of carbonyl (C=O) groups is 1. The smallest absolute Gasteiger partial charge is 0.379 e. The van der Waals surface area contributed by atoms with Crippen LogP contribution in [0.15, 0.2) is 77.1 Å². The number of nitrogens with zero attached hydrogens (tertiary/aromatic N) is 1. The molecule has 0 radical (unpaired) electrons. The van der Waals surface area contributed by atoms with Crippen LogP contribution < -0.4 is 24.7 Å². The third kappa shape index (κ3) is 4.63. The fraction of sp³-hybridized carbons (Fsp3) is 0.188. The zero-order chi connectivity index (χ0) is 28.6. The molecule has 0 spiro atoms. The third-order valence-corrected chi connectivity index (χ3v) is 6.84. The minimum Gasteiger partial charge on any atom is -0.493 e. The predicted octanol–water partition coefficient (Wildman–Crippen LogP) is 6.37. The number of nitrogens with two attached hydrogens (primary N) is 1. The van der Waals surface area contributed by atoms with Crippen LogP contribution in [0.4, 0.5) is 0 Å². The quantitative estimate of drug-likeness (QED) is 0.165. The summed E-state index contributed by atoms with van der Waals surface area (Å²) in [7, 11) is 1.54. The van der Waals surface area contributed by atoms with Crippen molar-refractivity contribution in [2.24, 2.45) is 5.73 Å². The Balaban J connectivity index is 1.49. The van der Waals surface area contributed by atoms with Gasteiger partial charge in [0.05, 0.1) is 13.0 Å². The molecular weight excluding hydrogens is 508 g/mol. The van der Waals surface area contributed by atoms with Gasteiger partial charge in [0.2, 0.25) is 11.6 Å². The lowest BCUT2D eigenvalue weighted by Crippen LogP contribution is -2.21. The number of allylic oxidation sites excluding steroid dienone is 1. The van der Waals surface area contributed by atoms with Crippen LogP contribution in [0, 0.1) is 32.1 Å². The van der Waals surface area contributed by atoms with Gasteiger partial charge in [0.1, 0.15) is 35.3 Å². The molecule has 2 N–H and O–H groups in total. The SMILES string of the molecule is C=CCOc1ccc(C2C(C#N)=C(N)Oc3cc(OC(=O)c4oc5cc(C)cc(C)c5c4C)ccc32)cc1OC. The molecule has 8 heteroatoms. The number of rotatable bonds is 7. The van der Waals surface area contributed by atoms with E-state index in [9.17, 15) is 10.1 Å². The van der Waals surface area contributed by atoms with Crippen molar-refractivity contribution in [1.29, 1.82) is 5.26 Å². The summed E-state index contributed by atoms with van der Waals surface area (Å²) in [6.07, 6.45) is 1.64. The topological polar surface area (TPSA) is 117 Å². The van der Waals surface area contributed by atoms with Crippen LogP contribution >= 0.6 is 0 Å². The van der Waals surface area contributed by atoms with E-state index in [0.717, 1.165) is 22.1 Å². The summed E-state index contributed by atoms with van der Waals surface area (Å²) in [4.78, 5) is 13.1. The fourth-order valence-electron chi connectivity index (χ4n) is 5.11. The van der Waals surface area contributed by atoms with Gasteiger partial charge in [-0.3, -0.25) is 0 Å². The van der Waals surface area contributed by atoms with Crippen LogP contribution in [0.5, 0.6) is 23.0 Å². The van der Waals surface area contributed by atoms with Gasteiger partial charge in [-0.25, -0.2) is 4.79 Å². The predicted molar refractivity (Wildman–Crippen MR) is 150 cm³/mol. The number of methoxy groups -OCH3 is 1. The highest BCUT2D eigenvalue weighted by molar-refractivity contribution is 5.98. The van der Waals surface area contributed by atoms with E-state index in [1.54, 1.807) is 43.5 Å². The van der Waals surface area contributed by atoms with E-state index in [-0.39, 0.29) is 23.0 Å². The molecule has 0 fully saturated rings. The molecule has 3 aromatic carbocycles. The molecule has 1 atom stereocenters. The molecule has 40 heavy (non-hydrogen) atoms. The first-order valence-electron chi connectivity index (χ1n) is 12.6. The Kier molecular flexibility index (Phi) is 6.97. The number of furan rings is 1. The standard InChI is InChI=1S/C32H28N2O6/c1-6-11-37-24-10-7-20(14-26(24)36-5)29-22-9-8-21(15-25(22)40-31(34)23(29)16-33)38-32(35)30-19(4)28-18(3)12-17(2)13-27(28)39-30/h6-10,12-15,29H,1,11,34H2,2-5H3. The van der Waals surface area contributed by atoms with E-state index < -0.39 is 11.9 Å². The van der Waals surface area contributed by atoms with Gasteiger partial charge in [0, 0.05) is 22.6 Å². The first-order chi connectivity index (χ1) is 19.2. The molecule has 0 amide bonds. The van der Waals surface area contributed by atoms with Gasteiger partial charge in [-0.1, -0.05) is 30.9 Å². The van der Waals surface area contributed by atoms with Gasteiger partial charge in [-0.05, 0) is 61.7 Å². The maximum Gasteiger partial charge on any atom is 0.379 e. The summed E-state index contributed by atoms with van der Waals surface area (Å²) in [5, 5.41) is 10.8. The summed E-state index contributed by atoms with van der Waals surface area (Å²) in [5.41, 5.74) is 11.3. The zero-order valence-electron chi connectivity index (χ0n) is 22.7. The normalized spacial score (nSPS) is 14.2. The fourth-order valence-corrected chi connectivity index (χ4v) is 5.11. The summed E-state index contributed by atoms with van der Waals surface area (Å²) >= 11 is 0. The van der Waals surface area contributed by atoms with Crippen molar-refractivity contribution in [1.82, 2.24) is 0 Å². The lowest BCUT2D eigenvalue weighted by Gasteiger charge is -2.27. The molecule has 1 aromatic heterocycles. The Hall–Kier alpha value is -5.16. The number of carbonyl (C=O) groups excluding carboxylic acids is 1. The van der Waals surface area contributed by atoms with Crippen molar-refractivity contribution in [2.75, 3.05) is 13.7 Å². The van der Waals surface area contributed by atoms with Crippen molar-refractivity contribution in [3.63, 3.8) is 0 Å². The molecule has 5 rings (SSSR count). The van der Waals surface area contributed by atoms with E-state index >= 15 is 0 Å². The number of hydrogen-bond acceptors (Lipinski definition) is 8. The second-order valence-electron chi connectivity index (χ2n) is 9.54. The van der Waals surface area contributed by atoms with Crippen molar-refractivity contribution < 1.29 is 28.2 Å². The molecule has 1 aliphatic rings. The summed E-state index contributed by atoms with van der Waals surface area (Å²) in [5.74, 6) is 0.595. The average Bonchev–Trinajstić information content (AvgIpc) is 3.27. The molecule has 1 aliphatic heterocycles. The molecule has 4 aromatic rings. The molecule has 0 saturated heterocycles. The zero-order valence-corrected chi connectivity index (χ0v) is 22.7. The number of fused-ring (bicyclic) bond motifs is 2. The minimum absolute atomic E-state index is 0.0339. The number of ether oxygens (including phenoxy) is 4.